The molecule has 0 atom stereocenters. The summed E-state index contributed by atoms with van der Waals surface area (Å²) >= 11 is 0. The number of allylic oxidation sites excluding steroid dienone is 10. The highest BCUT2D eigenvalue weighted by Crippen LogP contribution is 2.30. The molecule has 0 aromatic rings. The summed E-state index contributed by atoms with van der Waals surface area (Å²) in [4.78, 5) is 0. The molecule has 0 aromatic heterocycles. The van der Waals surface area contributed by atoms with Crippen molar-refractivity contribution in [2.75, 3.05) is 6.54 Å². The zero-order valence-electron chi connectivity index (χ0n) is 7.98. The van der Waals surface area contributed by atoms with Crippen LogP contribution in [0.25, 0.3) is 0 Å². The number of rotatable bonds is 1. The van der Waals surface area contributed by atoms with Crippen LogP contribution < -0.4 is 5.73 Å². The lowest BCUT2D eigenvalue weighted by molar-refractivity contribution is 1.19. The lowest BCUT2D eigenvalue weighted by Gasteiger charge is -1.93. The van der Waals surface area contributed by atoms with Crippen LogP contribution in [0.3, 0.4) is 0 Å². The van der Waals surface area contributed by atoms with Gasteiger partial charge in [-0.3, -0.25) is 0 Å². The molecule has 0 heterocycles. The van der Waals surface area contributed by atoms with Gasteiger partial charge in [0.25, 0.3) is 0 Å². The molecule has 70 valence electrons. The monoisotopic (exact) mass is 183 g/mol. The summed E-state index contributed by atoms with van der Waals surface area (Å²) in [5, 5.41) is 0. The third kappa shape index (κ3) is 2.21. The second-order valence-electron chi connectivity index (χ2n) is 3.27. The van der Waals surface area contributed by atoms with Gasteiger partial charge in [0.1, 0.15) is 0 Å². The highest BCUT2D eigenvalue weighted by atomic mass is 14.5. The van der Waals surface area contributed by atoms with E-state index < -0.39 is 0 Å². The van der Waals surface area contributed by atoms with Gasteiger partial charge in [0, 0.05) is 6.54 Å². The first-order valence-corrected chi connectivity index (χ1v) is 4.74. The number of hydrogen-bond acceptors (Lipinski definition) is 1. The number of nitrogens with two attached hydrogens (primary N) is 1. The van der Waals surface area contributed by atoms with Crippen molar-refractivity contribution in [3.63, 3.8) is 0 Å². The minimum atomic E-state index is 0.586. The highest BCUT2D eigenvalue weighted by molar-refractivity contribution is 5.65. The average molecular weight is 183 g/mol. The van der Waals surface area contributed by atoms with Crippen LogP contribution in [0.4, 0.5) is 0 Å². The third-order valence-electron chi connectivity index (χ3n) is 2.17. The first kappa shape index (κ1) is 8.97. The fourth-order valence-electron chi connectivity index (χ4n) is 1.31. The molecule has 0 spiro atoms. The average Bonchev–Trinajstić information content (AvgIpc) is 2.91. The van der Waals surface area contributed by atoms with Crippen LogP contribution in [0.2, 0.25) is 0 Å². The van der Waals surface area contributed by atoms with Crippen molar-refractivity contribution < 1.29 is 0 Å². The second-order valence-corrected chi connectivity index (χ2v) is 3.27. The minimum Gasteiger partial charge on any atom is -0.326 e. The first-order chi connectivity index (χ1) is 6.90. The number of hydrogen-bond donors (Lipinski definition) is 1. The lowest BCUT2D eigenvalue weighted by atomic mass is 10.2. The summed E-state index contributed by atoms with van der Waals surface area (Å²) in [7, 11) is 0. The van der Waals surface area contributed by atoms with Gasteiger partial charge in [0.05, 0.1) is 0 Å². The molecule has 0 saturated carbocycles. The van der Waals surface area contributed by atoms with E-state index in [4.69, 9.17) is 5.73 Å². The van der Waals surface area contributed by atoms with Crippen molar-refractivity contribution >= 4 is 0 Å². The molecule has 0 bridgehead atoms. The summed E-state index contributed by atoms with van der Waals surface area (Å²) in [5.74, 6) is 0. The highest BCUT2D eigenvalue weighted by Gasteiger charge is 2.12. The molecular weight excluding hydrogens is 170 g/mol. The van der Waals surface area contributed by atoms with Crippen molar-refractivity contribution in [3.8, 4) is 0 Å². The van der Waals surface area contributed by atoms with Crippen LogP contribution in [0.5, 0.6) is 0 Å². The van der Waals surface area contributed by atoms with E-state index in [1.54, 1.807) is 0 Å². The van der Waals surface area contributed by atoms with Gasteiger partial charge in [-0.15, -0.1) is 0 Å². The van der Waals surface area contributed by atoms with Crippen molar-refractivity contribution in [3.05, 3.63) is 71.4 Å². The summed E-state index contributed by atoms with van der Waals surface area (Å²) in [6.45, 7) is 0.586. The fourth-order valence-corrected chi connectivity index (χ4v) is 1.31. The second kappa shape index (κ2) is 4.07. The van der Waals surface area contributed by atoms with Crippen LogP contribution in [0.1, 0.15) is 0 Å². The Kier molecular flexibility index (Phi) is 2.61. The Morgan fingerprint density at radius 3 is 2.50 bits per heavy atom. The van der Waals surface area contributed by atoms with E-state index in [9.17, 15) is 0 Å². The summed E-state index contributed by atoms with van der Waals surface area (Å²) in [5.41, 5.74) is 9.38. The van der Waals surface area contributed by atoms with Crippen LogP contribution in [0.15, 0.2) is 71.4 Å². The van der Waals surface area contributed by atoms with Crippen molar-refractivity contribution in [2.24, 2.45) is 5.73 Å². The Morgan fingerprint density at radius 1 is 0.857 bits per heavy atom. The zero-order chi connectivity index (χ0) is 9.80. The maximum absolute atomic E-state index is 5.63. The quantitative estimate of drug-likeness (QED) is 0.663. The molecule has 0 radical (unpaired) electrons. The summed E-state index contributed by atoms with van der Waals surface area (Å²) in [6.07, 6.45) is 18.5. The Balaban J connectivity index is 2.25. The summed E-state index contributed by atoms with van der Waals surface area (Å²) in [6, 6.07) is 0. The van der Waals surface area contributed by atoms with E-state index in [1.165, 1.54) is 11.1 Å². The molecule has 0 aliphatic heterocycles. The van der Waals surface area contributed by atoms with E-state index >= 15 is 0 Å². The number of fused-ring (bicyclic) bond motifs is 1. The molecule has 2 aliphatic carbocycles. The van der Waals surface area contributed by atoms with Gasteiger partial charge in [-0.1, -0.05) is 42.5 Å². The lowest BCUT2D eigenvalue weighted by Crippen LogP contribution is -2.00. The van der Waals surface area contributed by atoms with Gasteiger partial charge in [0.15, 0.2) is 0 Å². The van der Waals surface area contributed by atoms with Gasteiger partial charge >= 0.3 is 0 Å². The third-order valence-corrected chi connectivity index (χ3v) is 2.17. The van der Waals surface area contributed by atoms with Crippen LogP contribution in [0, 0.1) is 0 Å². The van der Waals surface area contributed by atoms with E-state index in [0.717, 1.165) is 5.57 Å². The molecule has 0 fully saturated rings. The van der Waals surface area contributed by atoms with Gasteiger partial charge in [-0.25, -0.2) is 0 Å². The van der Waals surface area contributed by atoms with Crippen LogP contribution >= 0.6 is 0 Å². The zero-order valence-corrected chi connectivity index (χ0v) is 7.98. The Morgan fingerprint density at radius 2 is 1.64 bits per heavy atom. The molecule has 0 aromatic carbocycles. The standard InChI is InChI=1S/C13H13N/c14-10-11-6-4-2-1-3-5-7-12-9-13(12)8-11/h1-9H,10,14H2/b2-1+,3-1?,4-2?,5-3-,6-4?,7-5?,11-6?,11-8?,12-7+,13-8?. The van der Waals surface area contributed by atoms with E-state index in [1.807, 2.05) is 36.5 Å². The molecule has 1 heteroatoms. The van der Waals surface area contributed by atoms with Gasteiger partial charge < -0.3 is 5.73 Å². The Bertz CT molecular complexity index is 401. The van der Waals surface area contributed by atoms with Crippen LogP contribution in [-0.4, -0.2) is 6.54 Å². The van der Waals surface area contributed by atoms with Gasteiger partial charge in [-0.05, 0) is 28.9 Å². The molecule has 0 saturated heterocycles. The molecule has 2 aliphatic rings. The van der Waals surface area contributed by atoms with Gasteiger partial charge in [0.2, 0.25) is 0 Å². The van der Waals surface area contributed by atoms with E-state index in [-0.39, 0.29) is 0 Å². The molecule has 1 nitrogen and oxygen atoms in total. The molecule has 0 amide bonds. The fraction of sp³-hybridized carbons (Fsp3) is 0.0769. The molecule has 0 unspecified atom stereocenters. The van der Waals surface area contributed by atoms with E-state index in [2.05, 4.69) is 18.2 Å². The smallest absolute Gasteiger partial charge is 0.0178 e. The summed E-state index contributed by atoms with van der Waals surface area (Å²) < 4.78 is 0. The molecule has 2 N–H and O–H groups in total. The van der Waals surface area contributed by atoms with Crippen LogP contribution in [-0.2, 0) is 0 Å². The van der Waals surface area contributed by atoms with Crippen molar-refractivity contribution in [2.45, 2.75) is 0 Å². The van der Waals surface area contributed by atoms with E-state index in [0.29, 0.717) is 6.54 Å². The molecular formula is C13H13N. The molecule has 2 rings (SSSR count). The SMILES string of the molecule is NCC1=CC2=CC\2=C/C=C\C=C\C=C1. The predicted molar refractivity (Wildman–Crippen MR) is 60.7 cm³/mol. The molecule has 14 heavy (non-hydrogen) atoms. The maximum atomic E-state index is 5.63. The Labute approximate surface area is 84.3 Å². The minimum absolute atomic E-state index is 0.586. The van der Waals surface area contributed by atoms with Gasteiger partial charge in [-0.2, -0.15) is 0 Å². The normalized spacial score (nSPS) is 27.4. The van der Waals surface area contributed by atoms with Crippen molar-refractivity contribution in [1.29, 1.82) is 0 Å². The predicted octanol–water partition coefficient (Wildman–Crippen LogP) is 2.42. The topological polar surface area (TPSA) is 26.0 Å². The Hall–Kier alpha value is -1.60. The first-order valence-electron chi connectivity index (χ1n) is 4.74. The largest absolute Gasteiger partial charge is 0.326 e. The van der Waals surface area contributed by atoms with Crippen molar-refractivity contribution in [1.82, 2.24) is 0 Å². The maximum Gasteiger partial charge on any atom is 0.0178 e.